The Hall–Kier alpha value is -1.20. The van der Waals surface area contributed by atoms with Crippen molar-refractivity contribution in [2.75, 3.05) is 19.8 Å². The fourth-order valence-electron chi connectivity index (χ4n) is 1.35. The van der Waals surface area contributed by atoms with Crippen LogP contribution in [0.1, 0.15) is 34.3 Å². The third kappa shape index (κ3) is 5.42. The largest absolute Gasteiger partial charge is 0.463 e. The van der Waals surface area contributed by atoms with Crippen molar-refractivity contribution < 1.29 is 19.1 Å². The van der Waals surface area contributed by atoms with E-state index in [0.717, 1.165) is 4.88 Å². The van der Waals surface area contributed by atoms with Gasteiger partial charge in [-0.2, -0.15) is 0 Å². The topological polar surface area (TPSA) is 52.6 Å². The molecule has 0 aliphatic heterocycles. The molecule has 5 heteroatoms. The Morgan fingerprint density at radius 2 is 2.00 bits per heavy atom. The van der Waals surface area contributed by atoms with Crippen LogP contribution in [0, 0.1) is 6.92 Å². The number of rotatable bonds is 8. The fraction of sp³-hybridized carbons (Fsp3) is 0.538. The van der Waals surface area contributed by atoms with Crippen molar-refractivity contribution in [2.24, 2.45) is 0 Å². The second-order valence-corrected chi connectivity index (χ2v) is 5.04. The normalized spacial score (nSPS) is 10.3. The number of carbonyl (C=O) groups excluding carboxylic acids is 2. The maximum absolute atomic E-state index is 11.7. The number of hydrogen-bond acceptors (Lipinski definition) is 5. The third-order valence-electron chi connectivity index (χ3n) is 2.27. The smallest absolute Gasteiger partial charge is 0.306 e. The quantitative estimate of drug-likeness (QED) is 0.414. The molecule has 0 saturated carbocycles. The van der Waals surface area contributed by atoms with Gasteiger partial charge in [0.25, 0.3) is 0 Å². The molecule has 0 N–H and O–H groups in total. The average molecular weight is 270 g/mol. The summed E-state index contributed by atoms with van der Waals surface area (Å²) < 4.78 is 9.96. The summed E-state index contributed by atoms with van der Waals surface area (Å²) in [5, 5.41) is 0. The van der Waals surface area contributed by atoms with E-state index in [-0.39, 0.29) is 31.2 Å². The van der Waals surface area contributed by atoms with Gasteiger partial charge in [0.1, 0.15) is 6.61 Å². The molecule has 0 amide bonds. The van der Waals surface area contributed by atoms with E-state index in [9.17, 15) is 9.59 Å². The summed E-state index contributed by atoms with van der Waals surface area (Å²) in [6, 6.07) is 3.70. The van der Waals surface area contributed by atoms with Gasteiger partial charge in [-0.25, -0.2) is 0 Å². The standard InChI is InChI=1S/C13H18O4S/c1-3-16-8-9-17-13(15)7-5-11(14)12-6-4-10(2)18-12/h4,6H,3,5,7-9H2,1-2H3. The van der Waals surface area contributed by atoms with Gasteiger partial charge in [0.15, 0.2) is 5.78 Å². The molecule has 1 aromatic rings. The summed E-state index contributed by atoms with van der Waals surface area (Å²) in [5.41, 5.74) is 0. The average Bonchev–Trinajstić information content (AvgIpc) is 2.78. The lowest BCUT2D eigenvalue weighted by Crippen LogP contribution is -2.11. The molecule has 0 aliphatic carbocycles. The Kier molecular flexibility index (Phi) is 6.60. The zero-order valence-electron chi connectivity index (χ0n) is 10.7. The minimum absolute atomic E-state index is 0.00476. The molecule has 0 bridgehead atoms. The molecule has 0 atom stereocenters. The molecule has 4 nitrogen and oxygen atoms in total. The second-order valence-electron chi connectivity index (χ2n) is 3.75. The molecular formula is C13H18O4S. The Balaban J connectivity index is 2.20. The number of esters is 1. The van der Waals surface area contributed by atoms with Crippen molar-refractivity contribution in [3.63, 3.8) is 0 Å². The number of carbonyl (C=O) groups is 2. The van der Waals surface area contributed by atoms with Crippen LogP contribution in [-0.2, 0) is 14.3 Å². The van der Waals surface area contributed by atoms with Crippen molar-refractivity contribution in [3.8, 4) is 0 Å². The molecule has 1 aromatic heterocycles. The maximum Gasteiger partial charge on any atom is 0.306 e. The SMILES string of the molecule is CCOCCOC(=O)CCC(=O)c1ccc(C)s1. The predicted molar refractivity (Wildman–Crippen MR) is 70.1 cm³/mol. The van der Waals surface area contributed by atoms with Crippen LogP contribution in [0.2, 0.25) is 0 Å². The summed E-state index contributed by atoms with van der Waals surface area (Å²) >= 11 is 1.45. The van der Waals surface area contributed by atoms with Gasteiger partial charge in [-0.3, -0.25) is 9.59 Å². The first kappa shape index (κ1) is 14.9. The van der Waals surface area contributed by atoms with Gasteiger partial charge in [0.05, 0.1) is 17.9 Å². The number of ketones is 1. The van der Waals surface area contributed by atoms with E-state index >= 15 is 0 Å². The molecule has 0 radical (unpaired) electrons. The van der Waals surface area contributed by atoms with Crippen molar-refractivity contribution in [1.29, 1.82) is 0 Å². The first-order valence-electron chi connectivity index (χ1n) is 5.96. The molecule has 1 heterocycles. The van der Waals surface area contributed by atoms with Crippen LogP contribution in [0.15, 0.2) is 12.1 Å². The lowest BCUT2D eigenvalue weighted by atomic mass is 10.2. The first-order chi connectivity index (χ1) is 8.63. The highest BCUT2D eigenvalue weighted by Gasteiger charge is 2.11. The Morgan fingerprint density at radius 3 is 2.61 bits per heavy atom. The van der Waals surface area contributed by atoms with Gasteiger partial charge in [-0.05, 0) is 26.0 Å². The minimum Gasteiger partial charge on any atom is -0.463 e. The zero-order chi connectivity index (χ0) is 13.4. The van der Waals surface area contributed by atoms with Crippen LogP contribution in [-0.4, -0.2) is 31.6 Å². The van der Waals surface area contributed by atoms with Gasteiger partial charge in [-0.1, -0.05) is 0 Å². The first-order valence-corrected chi connectivity index (χ1v) is 6.78. The van der Waals surface area contributed by atoms with Crippen LogP contribution in [0.3, 0.4) is 0 Å². The van der Waals surface area contributed by atoms with E-state index < -0.39 is 0 Å². The number of hydrogen-bond donors (Lipinski definition) is 0. The summed E-state index contributed by atoms with van der Waals surface area (Å²) in [6.45, 7) is 5.08. The maximum atomic E-state index is 11.7. The number of thiophene rings is 1. The van der Waals surface area contributed by atoms with E-state index in [2.05, 4.69) is 0 Å². The van der Waals surface area contributed by atoms with E-state index in [4.69, 9.17) is 9.47 Å². The molecule has 100 valence electrons. The van der Waals surface area contributed by atoms with E-state index in [0.29, 0.717) is 18.1 Å². The van der Waals surface area contributed by atoms with Crippen molar-refractivity contribution in [3.05, 3.63) is 21.9 Å². The lowest BCUT2D eigenvalue weighted by molar-refractivity contribution is -0.145. The Morgan fingerprint density at radius 1 is 1.22 bits per heavy atom. The molecule has 0 fully saturated rings. The van der Waals surface area contributed by atoms with Crippen LogP contribution in [0.25, 0.3) is 0 Å². The molecule has 0 unspecified atom stereocenters. The number of Topliss-reactive ketones (excluding diaryl/α,β-unsaturated/α-hetero) is 1. The highest BCUT2D eigenvalue weighted by Crippen LogP contribution is 2.17. The van der Waals surface area contributed by atoms with E-state index in [1.54, 1.807) is 6.07 Å². The highest BCUT2D eigenvalue weighted by molar-refractivity contribution is 7.14. The molecule has 0 saturated heterocycles. The second kappa shape index (κ2) is 8.00. The van der Waals surface area contributed by atoms with Gasteiger partial charge < -0.3 is 9.47 Å². The molecule has 0 aromatic carbocycles. The molecule has 18 heavy (non-hydrogen) atoms. The fourth-order valence-corrected chi connectivity index (χ4v) is 2.19. The monoisotopic (exact) mass is 270 g/mol. The van der Waals surface area contributed by atoms with Gasteiger partial charge in [0, 0.05) is 17.9 Å². The van der Waals surface area contributed by atoms with Gasteiger partial charge >= 0.3 is 5.97 Å². The summed E-state index contributed by atoms with van der Waals surface area (Å²) in [4.78, 5) is 24.8. The zero-order valence-corrected chi connectivity index (χ0v) is 11.5. The van der Waals surface area contributed by atoms with Crippen LogP contribution < -0.4 is 0 Å². The number of aryl methyl sites for hydroxylation is 1. The lowest BCUT2D eigenvalue weighted by Gasteiger charge is -2.04. The molecule has 0 aliphatic rings. The highest BCUT2D eigenvalue weighted by atomic mass is 32.1. The third-order valence-corrected chi connectivity index (χ3v) is 3.31. The predicted octanol–water partition coefficient (Wildman–Crippen LogP) is 2.60. The van der Waals surface area contributed by atoms with Crippen LogP contribution in [0.5, 0.6) is 0 Å². The van der Waals surface area contributed by atoms with Crippen molar-refractivity contribution in [2.45, 2.75) is 26.7 Å². The molecule has 1 rings (SSSR count). The van der Waals surface area contributed by atoms with Gasteiger partial charge in [0.2, 0.25) is 0 Å². The minimum atomic E-state index is -0.351. The van der Waals surface area contributed by atoms with Crippen LogP contribution in [0.4, 0.5) is 0 Å². The van der Waals surface area contributed by atoms with Crippen molar-refractivity contribution >= 4 is 23.1 Å². The Labute approximate surface area is 111 Å². The Bertz CT molecular complexity index is 397. The molecular weight excluding hydrogens is 252 g/mol. The van der Waals surface area contributed by atoms with Crippen molar-refractivity contribution in [1.82, 2.24) is 0 Å². The van der Waals surface area contributed by atoms with Crippen LogP contribution >= 0.6 is 11.3 Å². The summed E-state index contributed by atoms with van der Waals surface area (Å²) in [7, 11) is 0. The van der Waals surface area contributed by atoms with Gasteiger partial charge in [-0.15, -0.1) is 11.3 Å². The molecule has 0 spiro atoms. The number of ether oxygens (including phenoxy) is 2. The van der Waals surface area contributed by atoms with E-state index in [1.807, 2.05) is 19.9 Å². The van der Waals surface area contributed by atoms with E-state index in [1.165, 1.54) is 11.3 Å². The summed E-state index contributed by atoms with van der Waals surface area (Å²) in [6.07, 6.45) is 0.329. The summed E-state index contributed by atoms with van der Waals surface area (Å²) in [5.74, 6) is -0.355.